The van der Waals surface area contributed by atoms with Crippen LogP contribution in [-0.4, -0.2) is 106 Å². The Balaban J connectivity index is 0.964. The molecule has 10 rings (SSSR count). The number of anilines is 2. The van der Waals surface area contributed by atoms with E-state index in [0.717, 1.165) is 41.1 Å². The van der Waals surface area contributed by atoms with Crippen molar-refractivity contribution in [3.8, 4) is 0 Å². The van der Waals surface area contributed by atoms with Crippen LogP contribution in [0.4, 0.5) is 38.5 Å². The minimum atomic E-state index is -0.924. The van der Waals surface area contributed by atoms with Crippen LogP contribution < -0.4 is 20.4 Å². The first kappa shape index (κ1) is 53.0. The van der Waals surface area contributed by atoms with Gasteiger partial charge in [-0.15, -0.1) is 0 Å². The summed E-state index contributed by atoms with van der Waals surface area (Å²) in [7, 11) is 2.52. The minimum absolute atomic E-state index is 0.0937. The maximum Gasteiger partial charge on any atom is 0.407 e. The molecule has 77 heavy (non-hydrogen) atoms. The van der Waals surface area contributed by atoms with Crippen LogP contribution in [0.1, 0.15) is 137 Å². The van der Waals surface area contributed by atoms with Gasteiger partial charge in [0.25, 0.3) is 0 Å². The van der Waals surface area contributed by atoms with E-state index in [9.17, 15) is 28.0 Å². The van der Waals surface area contributed by atoms with Gasteiger partial charge in [0.1, 0.15) is 29.4 Å². The van der Waals surface area contributed by atoms with Gasteiger partial charge in [0.2, 0.25) is 11.8 Å². The van der Waals surface area contributed by atoms with Crippen LogP contribution in [0.25, 0.3) is 22.1 Å². The summed E-state index contributed by atoms with van der Waals surface area (Å²) in [5.74, 6) is -2.97. The van der Waals surface area contributed by atoms with E-state index in [1.165, 1.54) is 32.4 Å². The molecule has 0 unspecified atom stereocenters. The van der Waals surface area contributed by atoms with E-state index in [2.05, 4.69) is 25.5 Å². The van der Waals surface area contributed by atoms with E-state index in [-0.39, 0.29) is 59.4 Å². The molecule has 16 nitrogen and oxygen atoms in total. The summed E-state index contributed by atoms with van der Waals surface area (Å²) >= 11 is 0. The molecule has 4 saturated heterocycles. The maximum absolute atomic E-state index is 16.8. The van der Waals surface area contributed by atoms with Crippen LogP contribution >= 0.6 is 0 Å². The number of nitrogens with one attached hydrogen (secondary N) is 4. The van der Waals surface area contributed by atoms with Gasteiger partial charge in [-0.1, -0.05) is 45.9 Å². The predicted octanol–water partition coefficient (Wildman–Crippen LogP) is 10.6. The van der Waals surface area contributed by atoms with E-state index >= 15 is 8.78 Å². The number of carbonyl (C=O) groups excluding carboxylic acids is 4. The molecule has 4 N–H and O–H groups in total. The number of ether oxygens (including phenoxy) is 2. The Labute approximate surface area is 444 Å². The van der Waals surface area contributed by atoms with Crippen molar-refractivity contribution in [2.45, 2.75) is 121 Å². The molecule has 4 amide bonds. The van der Waals surface area contributed by atoms with Crippen LogP contribution in [0.3, 0.4) is 0 Å². The largest absolute Gasteiger partial charge is 0.453 e. The van der Waals surface area contributed by atoms with Gasteiger partial charge in [-0.25, -0.2) is 37.1 Å². The van der Waals surface area contributed by atoms with E-state index in [0.29, 0.717) is 98.6 Å². The summed E-state index contributed by atoms with van der Waals surface area (Å²) in [4.78, 5) is 76.7. The number of likely N-dealkylation sites (tertiary alicyclic amines) is 2. The van der Waals surface area contributed by atoms with Gasteiger partial charge in [0, 0.05) is 31.9 Å². The highest BCUT2D eigenvalue weighted by molar-refractivity contribution is 5.88. The van der Waals surface area contributed by atoms with Gasteiger partial charge in [-0.2, -0.15) is 0 Å². The quantitative estimate of drug-likeness (QED) is 0.0813. The van der Waals surface area contributed by atoms with Crippen LogP contribution in [0.15, 0.2) is 66.7 Å². The smallest absolute Gasteiger partial charge is 0.407 e. The third-order valence-electron chi connectivity index (χ3n) is 16.2. The van der Waals surface area contributed by atoms with Crippen molar-refractivity contribution in [3.63, 3.8) is 0 Å². The van der Waals surface area contributed by atoms with Crippen molar-refractivity contribution in [2.75, 3.05) is 50.2 Å². The molecule has 2 aromatic heterocycles. The van der Waals surface area contributed by atoms with Crippen molar-refractivity contribution >= 4 is 57.4 Å². The lowest BCUT2D eigenvalue weighted by molar-refractivity contribution is -0.136. The zero-order valence-corrected chi connectivity index (χ0v) is 44.2. The lowest BCUT2D eigenvalue weighted by atomic mass is 9.89. The maximum atomic E-state index is 16.8. The van der Waals surface area contributed by atoms with Gasteiger partial charge in [0.15, 0.2) is 23.3 Å². The third kappa shape index (κ3) is 10.5. The molecule has 6 heterocycles. The van der Waals surface area contributed by atoms with Crippen molar-refractivity contribution in [3.05, 3.63) is 118 Å². The second-order valence-corrected chi connectivity index (χ2v) is 21.6. The molecule has 6 aromatic rings. The fourth-order valence-corrected chi connectivity index (χ4v) is 12.2. The number of H-pyrrole nitrogens is 2. The van der Waals surface area contributed by atoms with E-state index in [4.69, 9.17) is 19.4 Å². The second-order valence-electron chi connectivity index (χ2n) is 21.6. The van der Waals surface area contributed by atoms with Gasteiger partial charge in [-0.05, 0) is 134 Å². The van der Waals surface area contributed by atoms with Gasteiger partial charge < -0.3 is 49.7 Å². The number of benzene rings is 4. The summed E-state index contributed by atoms with van der Waals surface area (Å²) in [6.07, 6.45) is 3.72. The number of methoxy groups -OCH3 is 2. The summed E-state index contributed by atoms with van der Waals surface area (Å²) in [6.45, 7) is 9.09. The average Bonchev–Trinajstić information content (AvgIpc) is 4.29. The summed E-state index contributed by atoms with van der Waals surface area (Å²) in [5, 5.41) is 5.40. The molecule has 4 fully saturated rings. The fraction of sp³-hybridized carbons (Fsp3) is 0.474. The number of amides is 4. The van der Waals surface area contributed by atoms with Crippen molar-refractivity contribution in [1.82, 2.24) is 40.4 Å². The summed E-state index contributed by atoms with van der Waals surface area (Å²) in [6, 6.07) is 15.5. The molecule has 0 bridgehead atoms. The molecule has 0 saturated carbocycles. The molecule has 6 atom stereocenters. The summed E-state index contributed by atoms with van der Waals surface area (Å²) in [5.41, 5.74) is 5.49. The molecule has 4 aliphatic rings. The third-order valence-corrected chi connectivity index (χ3v) is 16.2. The second kappa shape index (κ2) is 21.9. The standard InChI is InChI=1S/C57H66F4N10O6/c1-30(2)49(66-56(74)76-5)54(72)69-21-7-9-47(69)52-62-41-15-12-34(26-43(41)64-52)45-17-18-46(71(45)36-28-39(60)51(40(61)29-36)68-23-19-32(20-24-68)33-11-14-37(58)38(59)25-33)35-13-16-42-44(27-35)65-53(63-42)48-10-8-22-70(48)55(73)50(31(3)4)67-57(75)77-6/h11-16,25-32,45-50H,7-10,17-24H2,1-6H3,(H,62,64)(H,63,65)(H,66,74)(H,67,75)/t45-,46-,47-,48+,49+,50+/m1/s1. The first-order valence-corrected chi connectivity index (χ1v) is 26.8. The minimum Gasteiger partial charge on any atom is -0.453 e. The molecule has 20 heteroatoms. The van der Waals surface area contributed by atoms with Gasteiger partial charge >= 0.3 is 12.2 Å². The average molecular weight is 1060 g/mol. The first-order valence-electron chi connectivity index (χ1n) is 26.8. The number of hydrogen-bond donors (Lipinski definition) is 4. The Hall–Kier alpha value is -7.38. The summed E-state index contributed by atoms with van der Waals surface area (Å²) < 4.78 is 71.2. The number of alkyl carbamates (subject to hydrolysis) is 2. The number of aromatic nitrogens is 4. The highest BCUT2D eigenvalue weighted by Crippen LogP contribution is 2.49. The normalized spacial score (nSPS) is 20.9. The molecule has 0 spiro atoms. The van der Waals surface area contributed by atoms with E-state index in [1.54, 1.807) is 20.8 Å². The van der Waals surface area contributed by atoms with Crippen LogP contribution in [0.5, 0.6) is 0 Å². The van der Waals surface area contributed by atoms with Crippen LogP contribution in [0, 0.1) is 35.1 Å². The Morgan fingerprint density at radius 3 is 1.47 bits per heavy atom. The number of fused-ring (bicyclic) bond motifs is 2. The van der Waals surface area contributed by atoms with Gasteiger partial charge in [-0.3, -0.25) is 9.59 Å². The monoisotopic (exact) mass is 1060 g/mol. The highest BCUT2D eigenvalue weighted by Gasteiger charge is 2.41. The lowest BCUT2D eigenvalue weighted by Gasteiger charge is -2.36. The number of halogens is 4. The first-order chi connectivity index (χ1) is 37.0. The number of nitrogens with zero attached hydrogens (tertiary/aromatic N) is 6. The Kier molecular flexibility index (Phi) is 15.1. The lowest BCUT2D eigenvalue weighted by Crippen LogP contribution is -2.51. The molecule has 0 radical (unpaired) electrons. The number of imidazole rings is 2. The van der Waals surface area contributed by atoms with Crippen molar-refractivity contribution < 1.29 is 46.2 Å². The Bertz CT molecular complexity index is 3020. The zero-order chi connectivity index (χ0) is 54.4. The van der Waals surface area contributed by atoms with Crippen molar-refractivity contribution in [1.29, 1.82) is 0 Å². The number of rotatable bonds is 13. The number of carbonyl (C=O) groups is 4. The highest BCUT2D eigenvalue weighted by atomic mass is 19.2. The predicted molar refractivity (Wildman–Crippen MR) is 282 cm³/mol. The zero-order valence-electron chi connectivity index (χ0n) is 44.2. The number of aromatic amines is 2. The fourth-order valence-electron chi connectivity index (χ4n) is 12.2. The SMILES string of the molecule is COC(=O)N[C@H](C(=O)N1CCC[C@@H]1c1nc2ccc([C@H]3CC[C@H](c4ccc5nc([C@@H]6CCCN6C(=O)[C@@H](NC(=O)OC)C(C)C)[nH]c5c4)N3c3cc(F)c(N4CCC(c5ccc(F)c(F)c5)CC4)c(F)c3)cc2[nH]1)C(C)C. The van der Waals surface area contributed by atoms with E-state index < -0.39 is 47.5 Å². The Morgan fingerprint density at radius 2 is 1.03 bits per heavy atom. The van der Waals surface area contributed by atoms with Crippen molar-refractivity contribution in [2.24, 2.45) is 11.8 Å². The molecule has 4 aromatic carbocycles. The topological polar surface area (TPSA) is 181 Å². The van der Waals surface area contributed by atoms with Crippen LogP contribution in [-0.2, 0) is 19.1 Å². The molecule has 408 valence electrons. The van der Waals surface area contributed by atoms with Gasteiger partial charge in [0.05, 0.1) is 60.5 Å². The molecule has 4 aliphatic heterocycles. The molecular formula is C57H66F4N10O6. The Morgan fingerprint density at radius 1 is 0.558 bits per heavy atom. The molecular weight excluding hydrogens is 997 g/mol. The molecule has 0 aliphatic carbocycles. The van der Waals surface area contributed by atoms with Crippen LogP contribution in [0.2, 0.25) is 0 Å². The number of hydrogen-bond acceptors (Lipinski definition) is 10. The number of piperidine rings is 1. The van der Waals surface area contributed by atoms with E-state index in [1.807, 2.05) is 64.1 Å².